The number of anilines is 1. The summed E-state index contributed by atoms with van der Waals surface area (Å²) in [5.74, 6) is 1.92. The summed E-state index contributed by atoms with van der Waals surface area (Å²) in [6.07, 6.45) is 5.04. The standard InChI is InChI=1S/C13H13BrIN3S/c14-9-6-5-8(19-9)13-17-11(7-3-1-2-4-7)10(15)12(16)18-13/h5-7H,1-4H2,(H2,16,17,18). The lowest BCUT2D eigenvalue weighted by molar-refractivity contribution is 0.691. The largest absolute Gasteiger partial charge is 0.383 e. The van der Waals surface area contributed by atoms with Gasteiger partial charge in [-0.25, -0.2) is 9.97 Å². The Morgan fingerprint density at radius 1 is 1.26 bits per heavy atom. The first-order valence-corrected chi connectivity index (χ1v) is 8.92. The monoisotopic (exact) mass is 449 g/mol. The summed E-state index contributed by atoms with van der Waals surface area (Å²) in [6, 6.07) is 4.06. The molecule has 0 radical (unpaired) electrons. The van der Waals surface area contributed by atoms with Crippen LogP contribution in [0.1, 0.15) is 37.3 Å². The zero-order valence-corrected chi connectivity index (χ0v) is 14.8. The van der Waals surface area contributed by atoms with Crippen molar-refractivity contribution in [3.05, 3.63) is 25.2 Å². The fourth-order valence-electron chi connectivity index (χ4n) is 2.50. The molecule has 2 aromatic heterocycles. The number of rotatable bonds is 2. The quantitative estimate of drug-likeness (QED) is 0.669. The van der Waals surface area contributed by atoms with Crippen LogP contribution >= 0.6 is 49.9 Å². The van der Waals surface area contributed by atoms with Crippen molar-refractivity contribution >= 4 is 55.7 Å². The molecular weight excluding hydrogens is 437 g/mol. The van der Waals surface area contributed by atoms with Crippen LogP contribution in [-0.4, -0.2) is 9.97 Å². The molecular formula is C13H13BrIN3S. The van der Waals surface area contributed by atoms with E-state index in [1.165, 1.54) is 25.7 Å². The number of halogens is 2. The summed E-state index contributed by atoms with van der Waals surface area (Å²) in [4.78, 5) is 10.3. The number of thiophene rings is 1. The molecule has 0 bridgehead atoms. The van der Waals surface area contributed by atoms with Gasteiger partial charge in [-0.2, -0.15) is 0 Å². The predicted molar refractivity (Wildman–Crippen MR) is 91.4 cm³/mol. The van der Waals surface area contributed by atoms with Crippen molar-refractivity contribution in [3.63, 3.8) is 0 Å². The Bertz CT molecular complexity index is 608. The lowest BCUT2D eigenvalue weighted by Crippen LogP contribution is -2.07. The van der Waals surface area contributed by atoms with Gasteiger partial charge in [-0.15, -0.1) is 11.3 Å². The zero-order valence-electron chi connectivity index (χ0n) is 10.2. The molecule has 0 aliphatic heterocycles. The highest BCUT2D eigenvalue weighted by Gasteiger charge is 2.23. The lowest BCUT2D eigenvalue weighted by Gasteiger charge is -2.13. The van der Waals surface area contributed by atoms with Gasteiger partial charge in [-0.05, 0) is 63.5 Å². The topological polar surface area (TPSA) is 51.8 Å². The molecule has 0 amide bonds. The minimum Gasteiger partial charge on any atom is -0.383 e. The molecule has 0 unspecified atom stereocenters. The molecule has 3 rings (SSSR count). The molecule has 0 saturated heterocycles. The number of hydrogen-bond acceptors (Lipinski definition) is 4. The first kappa shape index (κ1) is 13.8. The molecule has 1 saturated carbocycles. The van der Waals surface area contributed by atoms with Crippen molar-refractivity contribution in [2.24, 2.45) is 0 Å². The van der Waals surface area contributed by atoms with E-state index in [2.05, 4.69) is 43.5 Å². The Hall–Kier alpha value is -0.210. The predicted octanol–water partition coefficient (Wildman–Crippen LogP) is 4.81. The van der Waals surface area contributed by atoms with Crippen LogP contribution in [0, 0.1) is 3.57 Å². The van der Waals surface area contributed by atoms with Gasteiger partial charge in [0, 0.05) is 5.92 Å². The minimum atomic E-state index is 0.555. The molecule has 1 aliphatic rings. The van der Waals surface area contributed by atoms with Crippen molar-refractivity contribution in [3.8, 4) is 10.7 Å². The Kier molecular flexibility index (Phi) is 4.09. The Morgan fingerprint density at radius 3 is 2.63 bits per heavy atom. The maximum Gasteiger partial charge on any atom is 0.171 e. The van der Waals surface area contributed by atoms with Gasteiger partial charge in [-0.1, -0.05) is 12.8 Å². The average molecular weight is 450 g/mol. The molecule has 0 atom stereocenters. The van der Waals surface area contributed by atoms with Crippen molar-refractivity contribution in [2.45, 2.75) is 31.6 Å². The van der Waals surface area contributed by atoms with Gasteiger partial charge >= 0.3 is 0 Å². The van der Waals surface area contributed by atoms with Crippen molar-refractivity contribution in [2.75, 3.05) is 5.73 Å². The second-order valence-corrected chi connectivity index (χ2v) is 8.26. The van der Waals surface area contributed by atoms with Crippen LogP contribution in [0.15, 0.2) is 15.9 Å². The SMILES string of the molecule is Nc1nc(-c2ccc(Br)s2)nc(C2CCCC2)c1I. The van der Waals surface area contributed by atoms with E-state index in [9.17, 15) is 0 Å². The molecule has 1 aliphatic carbocycles. The summed E-state index contributed by atoms with van der Waals surface area (Å²) in [6.45, 7) is 0. The summed E-state index contributed by atoms with van der Waals surface area (Å²) in [5.41, 5.74) is 7.21. The van der Waals surface area contributed by atoms with Crippen molar-refractivity contribution < 1.29 is 0 Å². The van der Waals surface area contributed by atoms with Crippen LogP contribution < -0.4 is 5.73 Å². The first-order valence-electron chi connectivity index (χ1n) is 6.24. The third-order valence-corrected chi connectivity index (χ3v) is 6.16. The molecule has 0 aromatic carbocycles. The van der Waals surface area contributed by atoms with E-state index in [-0.39, 0.29) is 0 Å². The Labute approximate surface area is 138 Å². The maximum absolute atomic E-state index is 6.07. The van der Waals surface area contributed by atoms with Gasteiger partial charge < -0.3 is 5.73 Å². The molecule has 6 heteroatoms. The Balaban J connectivity index is 2.06. The number of nitrogens with two attached hydrogens (primary N) is 1. The van der Waals surface area contributed by atoms with Crippen LogP contribution in [0.2, 0.25) is 0 Å². The van der Waals surface area contributed by atoms with Gasteiger partial charge in [-0.3, -0.25) is 0 Å². The minimum absolute atomic E-state index is 0.555. The van der Waals surface area contributed by atoms with Gasteiger partial charge in [0.1, 0.15) is 5.82 Å². The second-order valence-electron chi connectivity index (χ2n) is 4.72. The summed E-state index contributed by atoms with van der Waals surface area (Å²) in [5, 5.41) is 0. The van der Waals surface area contributed by atoms with Gasteiger partial charge in [0.2, 0.25) is 0 Å². The Morgan fingerprint density at radius 2 is 2.00 bits per heavy atom. The van der Waals surface area contributed by atoms with Crippen LogP contribution in [0.3, 0.4) is 0 Å². The first-order chi connectivity index (χ1) is 9.15. The highest BCUT2D eigenvalue weighted by atomic mass is 127. The van der Waals surface area contributed by atoms with Gasteiger partial charge in [0.15, 0.2) is 5.82 Å². The third-order valence-electron chi connectivity index (χ3n) is 3.44. The number of hydrogen-bond donors (Lipinski definition) is 1. The van der Waals surface area contributed by atoms with E-state index >= 15 is 0 Å². The normalized spacial score (nSPS) is 16.1. The van der Waals surface area contributed by atoms with E-state index in [1.54, 1.807) is 11.3 Å². The second kappa shape index (κ2) is 5.65. The highest BCUT2D eigenvalue weighted by Crippen LogP contribution is 2.38. The fraction of sp³-hybridized carbons (Fsp3) is 0.385. The molecule has 2 heterocycles. The van der Waals surface area contributed by atoms with Crippen LogP contribution in [0.25, 0.3) is 10.7 Å². The zero-order chi connectivity index (χ0) is 13.4. The molecule has 0 spiro atoms. The molecule has 2 N–H and O–H groups in total. The van der Waals surface area contributed by atoms with Gasteiger partial charge in [0.25, 0.3) is 0 Å². The maximum atomic E-state index is 6.07. The van der Waals surface area contributed by atoms with E-state index in [0.29, 0.717) is 11.7 Å². The van der Waals surface area contributed by atoms with E-state index in [4.69, 9.17) is 10.7 Å². The molecule has 3 nitrogen and oxygen atoms in total. The van der Waals surface area contributed by atoms with Crippen molar-refractivity contribution in [1.29, 1.82) is 0 Å². The number of nitrogens with zero attached hydrogens (tertiary/aromatic N) is 2. The van der Waals surface area contributed by atoms with Crippen LogP contribution in [0.5, 0.6) is 0 Å². The lowest BCUT2D eigenvalue weighted by atomic mass is 10.0. The number of nitrogen functional groups attached to an aromatic ring is 1. The van der Waals surface area contributed by atoms with Crippen molar-refractivity contribution in [1.82, 2.24) is 9.97 Å². The average Bonchev–Trinajstić information content (AvgIpc) is 3.03. The summed E-state index contributed by atoms with van der Waals surface area (Å²) < 4.78 is 2.12. The van der Waals surface area contributed by atoms with E-state index in [0.717, 1.165) is 23.8 Å². The van der Waals surface area contributed by atoms with E-state index < -0.39 is 0 Å². The molecule has 1 fully saturated rings. The van der Waals surface area contributed by atoms with Crippen LogP contribution in [0.4, 0.5) is 5.82 Å². The number of aromatic nitrogens is 2. The summed E-state index contributed by atoms with van der Waals surface area (Å²) in [7, 11) is 0. The van der Waals surface area contributed by atoms with Crippen LogP contribution in [-0.2, 0) is 0 Å². The third kappa shape index (κ3) is 2.80. The van der Waals surface area contributed by atoms with Gasteiger partial charge in [0.05, 0.1) is 17.9 Å². The highest BCUT2D eigenvalue weighted by molar-refractivity contribution is 14.1. The van der Waals surface area contributed by atoms with E-state index in [1.807, 2.05) is 12.1 Å². The molecule has 19 heavy (non-hydrogen) atoms. The smallest absolute Gasteiger partial charge is 0.171 e. The summed E-state index contributed by atoms with van der Waals surface area (Å²) >= 11 is 7.40. The molecule has 100 valence electrons. The fourth-order valence-corrected chi connectivity index (χ4v) is 4.50. The molecule has 2 aromatic rings.